The SMILES string of the molecule is [2H]c1c([2H])c([2H])c(-c2c([2H])c([2H])c3c(oc4c([2H])c5c(c([2H])c43)N(c3cccc(-c4ccccc4)c3)c3cc(N4c6cc(-c7ccccc7)ccc6C6(C)CCCCC46C)cc4c3B5c3sc5c([2H])c([2H])c(C(C)(C)C)c([2H])c5c3N4c3cccc(-c4ccccc4)c3)c2[2H])c([2H])c1[2H]. The minimum atomic E-state index is -0.959. The van der Waals surface area contributed by atoms with Crippen LogP contribution in [-0.2, 0) is 10.8 Å². The van der Waals surface area contributed by atoms with Crippen LogP contribution in [0, 0.1) is 0 Å². The first-order chi connectivity index (χ1) is 47.4. The first kappa shape index (κ1) is 39.3. The van der Waals surface area contributed by atoms with Gasteiger partial charge in [-0.25, -0.2) is 0 Å². The third kappa shape index (κ3) is 7.68. The maximum Gasteiger partial charge on any atom is 0.264 e. The van der Waals surface area contributed by atoms with Crippen LogP contribution >= 0.6 is 11.3 Å². The lowest BCUT2D eigenvalue weighted by Gasteiger charge is -2.51. The van der Waals surface area contributed by atoms with Crippen molar-refractivity contribution in [2.75, 3.05) is 14.7 Å². The van der Waals surface area contributed by atoms with Crippen LogP contribution in [-0.4, -0.2) is 12.3 Å². The van der Waals surface area contributed by atoms with Crippen molar-refractivity contribution in [3.05, 3.63) is 260 Å². The van der Waals surface area contributed by atoms with Crippen molar-refractivity contribution < 1.29 is 22.2 Å². The van der Waals surface area contributed by atoms with Gasteiger partial charge < -0.3 is 19.1 Å². The molecule has 86 heavy (non-hydrogen) atoms. The van der Waals surface area contributed by atoms with Gasteiger partial charge in [0.25, 0.3) is 6.71 Å². The van der Waals surface area contributed by atoms with Gasteiger partial charge in [0, 0.05) is 70.9 Å². The molecule has 6 heteroatoms. The summed E-state index contributed by atoms with van der Waals surface area (Å²) in [7, 11) is 0. The molecule has 1 fully saturated rings. The third-order valence-electron chi connectivity index (χ3n) is 18.9. The highest BCUT2D eigenvalue weighted by Gasteiger charge is 2.58. The van der Waals surface area contributed by atoms with E-state index in [4.69, 9.17) is 11.3 Å². The van der Waals surface area contributed by atoms with Gasteiger partial charge in [-0.2, -0.15) is 0 Å². The van der Waals surface area contributed by atoms with Crippen molar-refractivity contribution in [3.8, 4) is 44.5 Å². The second-order valence-electron chi connectivity index (χ2n) is 24.9. The first-order valence-electron chi connectivity index (χ1n) is 36.2. The van der Waals surface area contributed by atoms with Gasteiger partial charge >= 0.3 is 0 Å². The Labute approximate surface area is 526 Å². The molecule has 0 N–H and O–H groups in total. The fraction of sp³-hybridized carbons (Fsp3) is 0.150. The smallest absolute Gasteiger partial charge is 0.264 e. The van der Waals surface area contributed by atoms with Crippen molar-refractivity contribution in [1.29, 1.82) is 0 Å². The van der Waals surface area contributed by atoms with Crippen LogP contribution < -0.4 is 30.4 Å². The van der Waals surface area contributed by atoms with Gasteiger partial charge in [0.2, 0.25) is 0 Å². The van der Waals surface area contributed by atoms with E-state index in [0.717, 1.165) is 81.6 Å². The van der Waals surface area contributed by atoms with E-state index >= 15 is 0 Å². The van der Waals surface area contributed by atoms with E-state index in [1.807, 2.05) is 99.6 Å². The number of thiophene rings is 1. The second-order valence-corrected chi connectivity index (χ2v) is 25.9. The molecule has 2 atom stereocenters. The van der Waals surface area contributed by atoms with E-state index in [2.05, 4.69) is 120 Å². The van der Waals surface area contributed by atoms with E-state index in [1.165, 1.54) is 16.9 Å². The maximum atomic E-state index is 11.1. The molecule has 3 aliphatic heterocycles. The van der Waals surface area contributed by atoms with Crippen LogP contribution in [0.2, 0.25) is 0 Å². The number of hydrogen-bond acceptors (Lipinski definition) is 5. The van der Waals surface area contributed by atoms with Gasteiger partial charge in [-0.3, -0.25) is 0 Å². The number of benzene rings is 11. The van der Waals surface area contributed by atoms with E-state index in [0.29, 0.717) is 48.6 Å². The average molecular weight is 1140 g/mol. The lowest BCUT2D eigenvalue weighted by Crippen LogP contribution is -2.60. The molecule has 5 heterocycles. The number of hydrogen-bond donors (Lipinski definition) is 0. The standard InChI is InChI=1S/C80H64BN3OS/c1-78(2,3)59-36-39-74-65(46-59)76-77(86-74)81-67-50-73-64(63-37-34-58(45-72(63)85-73)54-28-16-9-17-29-54)49-69(67)82(60-32-20-30-55(42-60)51-22-10-6-11-23-51)70-47-62(48-71(75(70)81)83(76)61-33-21-31-56(43-61)52-24-12-7-13-25-52)84-68-44-57(53-26-14-8-15-27-53)35-38-66(68)79(4)40-18-19-41-80(79,84)5/h6-17,20-39,42-50H,18-19,40-41H2,1-5H3/i9D,16D,17D,28D,29D,34D,36D,37D,39D,45D,46D,49D,50D. The molecule has 414 valence electrons. The molecule has 17 rings (SSSR count). The van der Waals surface area contributed by atoms with E-state index in [9.17, 15) is 11.0 Å². The van der Waals surface area contributed by atoms with Crippen LogP contribution in [0.4, 0.5) is 45.5 Å². The zero-order valence-electron chi connectivity index (χ0n) is 61.2. The Hall–Kier alpha value is -9.36. The Morgan fingerprint density at radius 2 is 1.10 bits per heavy atom. The van der Waals surface area contributed by atoms with Crippen LogP contribution in [0.5, 0.6) is 0 Å². The van der Waals surface area contributed by atoms with Crippen LogP contribution in [0.25, 0.3) is 76.5 Å². The highest BCUT2D eigenvalue weighted by molar-refractivity contribution is 7.33. The monoisotopic (exact) mass is 1140 g/mol. The Morgan fingerprint density at radius 3 is 1.78 bits per heavy atom. The molecule has 2 aromatic heterocycles. The summed E-state index contributed by atoms with van der Waals surface area (Å²) in [6, 6.07) is 53.1. The van der Waals surface area contributed by atoms with Gasteiger partial charge in [0.15, 0.2) is 0 Å². The van der Waals surface area contributed by atoms with Gasteiger partial charge in [-0.15, -0.1) is 11.3 Å². The highest BCUT2D eigenvalue weighted by atomic mass is 32.1. The van der Waals surface area contributed by atoms with Crippen LogP contribution in [0.3, 0.4) is 0 Å². The summed E-state index contributed by atoms with van der Waals surface area (Å²) < 4.78 is 134. The van der Waals surface area contributed by atoms with E-state index < -0.39 is 77.1 Å². The lowest BCUT2D eigenvalue weighted by atomic mass is 9.36. The van der Waals surface area contributed by atoms with Gasteiger partial charge in [-0.05, 0) is 170 Å². The molecule has 0 spiro atoms. The summed E-state index contributed by atoms with van der Waals surface area (Å²) >= 11 is 1.31. The van der Waals surface area contributed by atoms with E-state index in [-0.39, 0.29) is 63.3 Å². The van der Waals surface area contributed by atoms with Crippen molar-refractivity contribution >= 4 is 111 Å². The molecular weight excluding hydrogens is 1060 g/mol. The largest absolute Gasteiger partial charge is 0.456 e. The Kier molecular flexibility index (Phi) is 8.72. The van der Waals surface area contributed by atoms with Crippen LogP contribution in [0.15, 0.2) is 253 Å². The molecule has 1 saturated carbocycles. The van der Waals surface area contributed by atoms with Gasteiger partial charge in [0.1, 0.15) is 11.2 Å². The zero-order valence-corrected chi connectivity index (χ0v) is 49.0. The number of fused-ring (bicyclic) bond motifs is 12. The molecule has 4 aliphatic rings. The summed E-state index contributed by atoms with van der Waals surface area (Å²) in [4.78, 5) is 6.87. The molecule has 0 saturated heterocycles. The predicted molar refractivity (Wildman–Crippen MR) is 366 cm³/mol. The number of anilines is 8. The molecule has 1 aliphatic carbocycles. The van der Waals surface area contributed by atoms with E-state index in [1.54, 1.807) is 0 Å². The second kappa shape index (κ2) is 19.1. The Morgan fingerprint density at radius 1 is 0.488 bits per heavy atom. The lowest BCUT2D eigenvalue weighted by molar-refractivity contribution is 0.195. The zero-order chi connectivity index (χ0) is 68.9. The predicted octanol–water partition coefficient (Wildman–Crippen LogP) is 20.6. The summed E-state index contributed by atoms with van der Waals surface area (Å²) in [6.07, 6.45) is 3.82. The molecule has 0 amide bonds. The van der Waals surface area contributed by atoms with Crippen molar-refractivity contribution in [2.24, 2.45) is 0 Å². The fourth-order valence-electron chi connectivity index (χ4n) is 14.5. The topological polar surface area (TPSA) is 22.9 Å². The van der Waals surface area contributed by atoms with Crippen LogP contribution in [0.1, 0.15) is 89.2 Å². The maximum absolute atomic E-state index is 11.1. The molecule has 2 unspecified atom stereocenters. The van der Waals surface area contributed by atoms with Crippen molar-refractivity contribution in [1.82, 2.24) is 0 Å². The Balaban J connectivity index is 1.06. The normalized spacial score (nSPS) is 19.8. The van der Waals surface area contributed by atoms with Gasteiger partial charge in [-0.1, -0.05) is 210 Å². The van der Waals surface area contributed by atoms with Gasteiger partial charge in [0.05, 0.1) is 29.0 Å². The average Bonchev–Trinajstić information content (AvgIpc) is 1.50. The Bertz CT molecular complexity index is 5650. The summed E-state index contributed by atoms with van der Waals surface area (Å²) in [5.74, 6) is 0. The molecule has 11 aromatic carbocycles. The summed E-state index contributed by atoms with van der Waals surface area (Å²) in [5, 5.41) is 0.332. The van der Waals surface area contributed by atoms with Crippen molar-refractivity contribution in [3.63, 3.8) is 0 Å². The molecule has 0 bridgehead atoms. The minimum absolute atomic E-state index is 0.0212. The molecule has 0 radical (unpaired) electrons. The summed E-state index contributed by atoms with van der Waals surface area (Å²) in [5.41, 5.74) is 11.1. The molecule has 4 nitrogen and oxygen atoms in total. The third-order valence-corrected chi connectivity index (χ3v) is 20.1. The highest BCUT2D eigenvalue weighted by Crippen LogP contribution is 2.63. The number of nitrogens with zero attached hydrogens (tertiary/aromatic N) is 3. The summed E-state index contributed by atoms with van der Waals surface area (Å²) in [6.45, 7) is 9.76. The minimum Gasteiger partial charge on any atom is -0.456 e. The molecule has 13 aromatic rings. The fourth-order valence-corrected chi connectivity index (χ4v) is 15.8. The number of furan rings is 1. The quantitative estimate of drug-likeness (QED) is 0.148. The van der Waals surface area contributed by atoms with Crippen molar-refractivity contribution in [2.45, 2.75) is 76.7 Å². The number of rotatable bonds is 7. The first-order valence-corrected chi connectivity index (χ1v) is 30.5. The molecular formula is C80H64BN3OS.